The second kappa shape index (κ2) is 5.70. The van der Waals surface area contributed by atoms with E-state index in [9.17, 15) is 0 Å². The van der Waals surface area contributed by atoms with Crippen LogP contribution in [0, 0.1) is 0 Å². The molecule has 0 radical (unpaired) electrons. The average molecular weight is 250 g/mol. The molecule has 3 nitrogen and oxygen atoms in total. The molecule has 0 spiro atoms. The van der Waals surface area contributed by atoms with E-state index in [1.807, 2.05) is 6.07 Å². The maximum absolute atomic E-state index is 6.00. The van der Waals surface area contributed by atoms with Gasteiger partial charge in [0.25, 0.3) is 0 Å². The summed E-state index contributed by atoms with van der Waals surface area (Å²) >= 11 is 0. The van der Waals surface area contributed by atoms with Gasteiger partial charge in [-0.05, 0) is 47.1 Å². The molecule has 1 aromatic heterocycles. The summed E-state index contributed by atoms with van der Waals surface area (Å²) in [6, 6.07) is 4.01. The van der Waals surface area contributed by atoms with Crippen molar-refractivity contribution in [2.75, 3.05) is 0 Å². The van der Waals surface area contributed by atoms with Gasteiger partial charge in [-0.1, -0.05) is 13.0 Å². The minimum Gasteiger partial charge on any atom is -0.471 e. The number of pyridine rings is 1. The Morgan fingerprint density at radius 3 is 2.44 bits per heavy atom. The van der Waals surface area contributed by atoms with Gasteiger partial charge in [0.05, 0.1) is 0 Å². The summed E-state index contributed by atoms with van der Waals surface area (Å²) in [6.45, 7) is 13.5. The molecule has 18 heavy (non-hydrogen) atoms. The van der Waals surface area contributed by atoms with Crippen molar-refractivity contribution in [3.63, 3.8) is 0 Å². The number of hydrogen-bond acceptors (Lipinski definition) is 3. The fourth-order valence-electron chi connectivity index (χ4n) is 1.34. The fourth-order valence-corrected chi connectivity index (χ4v) is 1.34. The minimum atomic E-state index is -0.176. The third kappa shape index (κ3) is 5.05. The second-order valence-electron chi connectivity index (χ2n) is 6.29. The lowest BCUT2D eigenvalue weighted by molar-refractivity contribution is 0.0972. The summed E-state index contributed by atoms with van der Waals surface area (Å²) in [5.41, 5.74) is 1.02. The smallest absolute Gasteiger partial charge is 0.218 e. The fraction of sp³-hybridized carbons (Fsp3) is 0.667. The number of nitrogens with zero attached hydrogens (tertiary/aromatic N) is 1. The normalized spacial score (nSPS) is 12.6. The van der Waals surface area contributed by atoms with Gasteiger partial charge < -0.3 is 10.1 Å². The molecule has 1 heterocycles. The number of nitrogens with one attached hydrogen (secondary N) is 1. The quantitative estimate of drug-likeness (QED) is 0.868. The highest BCUT2D eigenvalue weighted by molar-refractivity contribution is 5.26. The molecule has 0 unspecified atom stereocenters. The zero-order valence-electron chi connectivity index (χ0n) is 12.5. The Balaban J connectivity index is 2.80. The van der Waals surface area contributed by atoms with Crippen LogP contribution in [0.4, 0.5) is 0 Å². The predicted molar refractivity (Wildman–Crippen MR) is 75.8 cm³/mol. The van der Waals surface area contributed by atoms with Gasteiger partial charge in [0.1, 0.15) is 5.60 Å². The van der Waals surface area contributed by atoms with Gasteiger partial charge in [0.15, 0.2) is 0 Å². The molecular formula is C15H26N2O. The third-order valence-electron chi connectivity index (χ3n) is 2.88. The lowest BCUT2D eigenvalue weighted by Gasteiger charge is -2.26. The van der Waals surface area contributed by atoms with Crippen LogP contribution in [-0.4, -0.2) is 16.1 Å². The van der Waals surface area contributed by atoms with Crippen LogP contribution in [0.2, 0.25) is 0 Å². The Morgan fingerprint density at radius 2 is 1.89 bits per heavy atom. The average Bonchev–Trinajstić information content (AvgIpc) is 2.26. The first-order valence-electron chi connectivity index (χ1n) is 6.61. The van der Waals surface area contributed by atoms with E-state index in [0.717, 1.165) is 24.4 Å². The molecule has 1 rings (SSSR count). The molecule has 0 saturated heterocycles. The molecule has 0 fully saturated rings. The molecule has 0 aliphatic carbocycles. The zero-order chi connectivity index (χ0) is 13.8. The van der Waals surface area contributed by atoms with Crippen LogP contribution in [-0.2, 0) is 6.54 Å². The monoisotopic (exact) mass is 250 g/mol. The first kappa shape index (κ1) is 15.0. The summed E-state index contributed by atoms with van der Waals surface area (Å²) in [4.78, 5) is 4.35. The molecule has 1 aromatic rings. The molecule has 102 valence electrons. The van der Waals surface area contributed by atoms with Crippen LogP contribution in [0.1, 0.15) is 53.5 Å². The highest BCUT2D eigenvalue weighted by Gasteiger charge is 2.20. The van der Waals surface area contributed by atoms with Gasteiger partial charge in [-0.2, -0.15) is 0 Å². The lowest BCUT2D eigenvalue weighted by Crippen LogP contribution is -2.35. The summed E-state index contributed by atoms with van der Waals surface area (Å²) in [6.07, 6.45) is 2.73. The van der Waals surface area contributed by atoms with Gasteiger partial charge in [-0.3, -0.25) is 0 Å². The number of aromatic nitrogens is 1. The number of hydrogen-bond donors (Lipinski definition) is 1. The van der Waals surface area contributed by atoms with E-state index in [1.165, 1.54) is 0 Å². The molecule has 0 saturated carbocycles. The van der Waals surface area contributed by atoms with Crippen molar-refractivity contribution >= 4 is 0 Å². The maximum atomic E-state index is 6.00. The molecule has 0 aliphatic heterocycles. The summed E-state index contributed by atoms with van der Waals surface area (Å²) in [5, 5.41) is 3.46. The van der Waals surface area contributed by atoms with Gasteiger partial charge in [0.2, 0.25) is 5.88 Å². The van der Waals surface area contributed by atoms with Crippen molar-refractivity contribution in [3.05, 3.63) is 23.9 Å². The van der Waals surface area contributed by atoms with Crippen LogP contribution in [0.25, 0.3) is 0 Å². The van der Waals surface area contributed by atoms with Gasteiger partial charge in [0, 0.05) is 23.8 Å². The van der Waals surface area contributed by atoms with Crippen LogP contribution in [0.15, 0.2) is 18.3 Å². The van der Waals surface area contributed by atoms with Crippen molar-refractivity contribution in [1.82, 2.24) is 10.3 Å². The van der Waals surface area contributed by atoms with Crippen molar-refractivity contribution in [3.8, 4) is 5.88 Å². The Kier molecular flexibility index (Phi) is 4.74. The highest BCUT2D eigenvalue weighted by atomic mass is 16.5. The summed E-state index contributed by atoms with van der Waals surface area (Å²) in [5.74, 6) is 0.737. The predicted octanol–water partition coefficient (Wildman–Crippen LogP) is 3.54. The van der Waals surface area contributed by atoms with E-state index in [4.69, 9.17) is 4.74 Å². The van der Waals surface area contributed by atoms with Gasteiger partial charge >= 0.3 is 0 Å². The van der Waals surface area contributed by atoms with Crippen molar-refractivity contribution in [1.29, 1.82) is 0 Å². The van der Waals surface area contributed by atoms with Crippen LogP contribution in [0.3, 0.4) is 0 Å². The third-order valence-corrected chi connectivity index (χ3v) is 2.88. The zero-order valence-corrected chi connectivity index (χ0v) is 12.5. The topological polar surface area (TPSA) is 34.1 Å². The maximum Gasteiger partial charge on any atom is 0.218 e. The van der Waals surface area contributed by atoms with Crippen molar-refractivity contribution in [2.45, 2.75) is 65.6 Å². The van der Waals surface area contributed by atoms with E-state index in [1.54, 1.807) is 6.20 Å². The Labute approximate surface area is 111 Å². The Morgan fingerprint density at radius 1 is 1.22 bits per heavy atom. The number of ether oxygens (including phenoxy) is 1. The van der Waals surface area contributed by atoms with E-state index in [-0.39, 0.29) is 11.1 Å². The van der Waals surface area contributed by atoms with Crippen LogP contribution >= 0.6 is 0 Å². The summed E-state index contributed by atoms with van der Waals surface area (Å²) in [7, 11) is 0. The molecule has 0 amide bonds. The van der Waals surface area contributed by atoms with Gasteiger partial charge in [-0.25, -0.2) is 4.98 Å². The molecule has 0 atom stereocenters. The molecule has 0 aromatic carbocycles. The first-order chi connectivity index (χ1) is 8.23. The number of rotatable bonds is 5. The standard InChI is InChI=1S/C15H26N2O/c1-7-15(5,6)18-13-12(9-8-10-16-13)11-17-14(2,3)4/h8-10,17H,7,11H2,1-6H3. The van der Waals surface area contributed by atoms with E-state index >= 15 is 0 Å². The molecule has 0 aliphatic rings. The Hall–Kier alpha value is -1.09. The van der Waals surface area contributed by atoms with Crippen LogP contribution < -0.4 is 10.1 Å². The largest absolute Gasteiger partial charge is 0.471 e. The SMILES string of the molecule is CCC(C)(C)Oc1ncccc1CNC(C)(C)C. The molecular weight excluding hydrogens is 224 g/mol. The lowest BCUT2D eigenvalue weighted by atomic mass is 10.1. The van der Waals surface area contributed by atoms with Gasteiger partial charge in [-0.15, -0.1) is 0 Å². The molecule has 0 bridgehead atoms. The van der Waals surface area contributed by atoms with E-state index in [0.29, 0.717) is 0 Å². The molecule has 3 heteroatoms. The van der Waals surface area contributed by atoms with Crippen LogP contribution in [0.5, 0.6) is 5.88 Å². The first-order valence-corrected chi connectivity index (χ1v) is 6.61. The van der Waals surface area contributed by atoms with Crippen molar-refractivity contribution < 1.29 is 4.74 Å². The second-order valence-corrected chi connectivity index (χ2v) is 6.29. The molecule has 1 N–H and O–H groups in total. The highest BCUT2D eigenvalue weighted by Crippen LogP contribution is 2.22. The van der Waals surface area contributed by atoms with E-state index in [2.05, 4.69) is 57.9 Å². The summed E-state index contributed by atoms with van der Waals surface area (Å²) < 4.78 is 6.00. The minimum absolute atomic E-state index is 0.0907. The van der Waals surface area contributed by atoms with Crippen molar-refractivity contribution in [2.24, 2.45) is 0 Å². The van der Waals surface area contributed by atoms with E-state index < -0.39 is 0 Å². The Bertz CT molecular complexity index is 380.